The molecule has 1 aromatic heterocycles. The van der Waals surface area contributed by atoms with Gasteiger partial charge in [-0.05, 0) is 5.56 Å². The third-order valence-electron chi connectivity index (χ3n) is 3.67. The van der Waals surface area contributed by atoms with Crippen LogP contribution in [0.4, 0.5) is 5.69 Å². The molecule has 1 N–H and O–H groups in total. The Hall–Kier alpha value is -2.18. The van der Waals surface area contributed by atoms with Crippen LogP contribution < -0.4 is 5.32 Å². The Labute approximate surface area is 138 Å². The number of ether oxygens (including phenoxy) is 1. The van der Waals surface area contributed by atoms with Crippen molar-refractivity contribution >= 4 is 28.8 Å². The average Bonchev–Trinajstić information content (AvgIpc) is 2.98. The van der Waals surface area contributed by atoms with E-state index in [0.29, 0.717) is 36.9 Å². The summed E-state index contributed by atoms with van der Waals surface area (Å²) < 4.78 is 5.29. The molecule has 1 aromatic carbocycles. The van der Waals surface area contributed by atoms with Crippen LogP contribution in [0.3, 0.4) is 0 Å². The zero-order chi connectivity index (χ0) is 16.2. The maximum atomic E-state index is 12.8. The molecule has 2 heterocycles. The summed E-state index contributed by atoms with van der Waals surface area (Å²) in [5.74, 6) is -0.235. The Kier molecular flexibility index (Phi) is 4.73. The van der Waals surface area contributed by atoms with Crippen molar-refractivity contribution < 1.29 is 14.3 Å². The largest absolute Gasteiger partial charge is 0.378 e. The lowest BCUT2D eigenvalue weighted by Crippen LogP contribution is -2.40. The van der Waals surface area contributed by atoms with Crippen LogP contribution in [-0.4, -0.2) is 43.0 Å². The number of carbonyl (C=O) groups is 2. The third-order valence-corrected chi connectivity index (χ3v) is 4.64. The van der Waals surface area contributed by atoms with Crippen molar-refractivity contribution in [3.8, 4) is 11.1 Å². The number of carbonyl (C=O) groups excluding carboxylic acids is 2. The number of anilines is 1. The normalized spacial score (nSPS) is 14.6. The molecule has 23 heavy (non-hydrogen) atoms. The van der Waals surface area contributed by atoms with Crippen LogP contribution in [0.25, 0.3) is 11.1 Å². The van der Waals surface area contributed by atoms with E-state index in [9.17, 15) is 9.59 Å². The zero-order valence-electron chi connectivity index (χ0n) is 12.9. The molecule has 1 saturated heterocycles. The monoisotopic (exact) mass is 330 g/mol. The summed E-state index contributed by atoms with van der Waals surface area (Å²) in [6.45, 7) is 3.72. The average molecular weight is 330 g/mol. The van der Waals surface area contributed by atoms with Crippen molar-refractivity contribution in [3.05, 3.63) is 40.6 Å². The summed E-state index contributed by atoms with van der Waals surface area (Å²) in [6, 6.07) is 9.75. The molecule has 1 fully saturated rings. The SMILES string of the molecule is CC(=O)Nc1c(-c2ccccc2)csc1C(=O)N1CCOCC1. The summed E-state index contributed by atoms with van der Waals surface area (Å²) in [7, 11) is 0. The van der Waals surface area contributed by atoms with Crippen LogP contribution >= 0.6 is 11.3 Å². The Morgan fingerprint density at radius 3 is 2.52 bits per heavy atom. The van der Waals surface area contributed by atoms with E-state index in [1.807, 2.05) is 35.7 Å². The summed E-state index contributed by atoms with van der Waals surface area (Å²) in [5.41, 5.74) is 2.46. The van der Waals surface area contributed by atoms with E-state index >= 15 is 0 Å². The van der Waals surface area contributed by atoms with Gasteiger partial charge in [0.05, 0.1) is 18.9 Å². The van der Waals surface area contributed by atoms with E-state index < -0.39 is 0 Å². The highest BCUT2D eigenvalue weighted by molar-refractivity contribution is 7.13. The van der Waals surface area contributed by atoms with Crippen LogP contribution in [0, 0.1) is 0 Å². The van der Waals surface area contributed by atoms with Gasteiger partial charge in [0, 0.05) is 31.0 Å². The Bertz CT molecular complexity index is 706. The van der Waals surface area contributed by atoms with E-state index in [-0.39, 0.29) is 11.8 Å². The lowest BCUT2D eigenvalue weighted by Gasteiger charge is -2.26. The molecule has 0 atom stereocenters. The first-order valence-electron chi connectivity index (χ1n) is 7.48. The maximum absolute atomic E-state index is 12.8. The fourth-order valence-corrected chi connectivity index (χ4v) is 3.55. The highest BCUT2D eigenvalue weighted by atomic mass is 32.1. The second kappa shape index (κ2) is 6.93. The molecule has 3 rings (SSSR count). The topological polar surface area (TPSA) is 58.6 Å². The van der Waals surface area contributed by atoms with Crippen LogP contribution in [0.5, 0.6) is 0 Å². The van der Waals surface area contributed by atoms with Gasteiger partial charge in [0.2, 0.25) is 5.91 Å². The van der Waals surface area contributed by atoms with Crippen molar-refractivity contribution in [1.29, 1.82) is 0 Å². The number of nitrogens with one attached hydrogen (secondary N) is 1. The van der Waals surface area contributed by atoms with E-state index in [0.717, 1.165) is 11.1 Å². The summed E-state index contributed by atoms with van der Waals surface area (Å²) in [4.78, 5) is 26.7. The number of hydrogen-bond acceptors (Lipinski definition) is 4. The number of rotatable bonds is 3. The standard InChI is InChI=1S/C17H18N2O3S/c1-12(20)18-15-14(13-5-3-2-4-6-13)11-23-16(15)17(21)19-7-9-22-10-8-19/h2-6,11H,7-10H2,1H3,(H,18,20). The van der Waals surface area contributed by atoms with Gasteiger partial charge in [-0.2, -0.15) is 0 Å². The third kappa shape index (κ3) is 3.43. The minimum absolute atomic E-state index is 0.0516. The molecule has 1 aliphatic rings. The van der Waals surface area contributed by atoms with Crippen molar-refractivity contribution in [1.82, 2.24) is 4.90 Å². The highest BCUT2D eigenvalue weighted by Crippen LogP contribution is 2.37. The van der Waals surface area contributed by atoms with Crippen molar-refractivity contribution in [2.45, 2.75) is 6.92 Å². The predicted octanol–water partition coefficient (Wildman–Crippen LogP) is 2.85. The van der Waals surface area contributed by atoms with Crippen LogP contribution in [0.2, 0.25) is 0 Å². The van der Waals surface area contributed by atoms with Gasteiger partial charge in [-0.3, -0.25) is 9.59 Å². The Morgan fingerprint density at radius 2 is 1.87 bits per heavy atom. The molecule has 6 heteroatoms. The molecule has 120 valence electrons. The van der Waals surface area contributed by atoms with E-state index in [2.05, 4.69) is 5.32 Å². The van der Waals surface area contributed by atoms with Gasteiger partial charge in [-0.1, -0.05) is 30.3 Å². The van der Waals surface area contributed by atoms with Crippen molar-refractivity contribution in [2.24, 2.45) is 0 Å². The predicted molar refractivity (Wildman–Crippen MR) is 90.8 cm³/mol. The van der Waals surface area contributed by atoms with Gasteiger partial charge in [0.15, 0.2) is 0 Å². The van der Waals surface area contributed by atoms with Crippen LogP contribution in [-0.2, 0) is 9.53 Å². The smallest absolute Gasteiger partial charge is 0.266 e. The first kappa shape index (κ1) is 15.7. The fourth-order valence-electron chi connectivity index (χ4n) is 2.56. The number of morpholine rings is 1. The second-order valence-electron chi connectivity index (χ2n) is 5.31. The molecule has 0 unspecified atom stereocenters. The zero-order valence-corrected chi connectivity index (χ0v) is 13.7. The van der Waals surface area contributed by atoms with Gasteiger partial charge < -0.3 is 15.0 Å². The van der Waals surface area contributed by atoms with Crippen LogP contribution in [0.15, 0.2) is 35.7 Å². The number of thiophene rings is 1. The summed E-state index contributed by atoms with van der Waals surface area (Å²) >= 11 is 1.37. The first-order chi connectivity index (χ1) is 11.2. The highest BCUT2D eigenvalue weighted by Gasteiger charge is 2.25. The van der Waals surface area contributed by atoms with Crippen molar-refractivity contribution in [2.75, 3.05) is 31.6 Å². The van der Waals surface area contributed by atoms with Gasteiger partial charge in [0.1, 0.15) is 4.88 Å². The molecule has 0 spiro atoms. The van der Waals surface area contributed by atoms with E-state index in [1.165, 1.54) is 18.3 Å². The summed E-state index contributed by atoms with van der Waals surface area (Å²) in [6.07, 6.45) is 0. The number of benzene rings is 1. The van der Waals surface area contributed by atoms with Gasteiger partial charge in [-0.25, -0.2) is 0 Å². The van der Waals surface area contributed by atoms with Gasteiger partial charge >= 0.3 is 0 Å². The van der Waals surface area contributed by atoms with E-state index in [4.69, 9.17) is 4.74 Å². The first-order valence-corrected chi connectivity index (χ1v) is 8.36. The molecule has 2 amide bonds. The van der Waals surface area contributed by atoms with E-state index in [1.54, 1.807) is 4.90 Å². The molecule has 1 aliphatic heterocycles. The Balaban J connectivity index is 1.98. The van der Waals surface area contributed by atoms with Gasteiger partial charge in [-0.15, -0.1) is 11.3 Å². The summed E-state index contributed by atoms with van der Waals surface area (Å²) in [5, 5.41) is 4.76. The molecular weight excluding hydrogens is 312 g/mol. The maximum Gasteiger partial charge on any atom is 0.266 e. The minimum atomic E-state index is -0.184. The number of nitrogens with zero attached hydrogens (tertiary/aromatic N) is 1. The molecule has 5 nitrogen and oxygen atoms in total. The lowest BCUT2D eigenvalue weighted by atomic mass is 10.1. The molecule has 0 saturated carbocycles. The van der Waals surface area contributed by atoms with Gasteiger partial charge in [0.25, 0.3) is 5.91 Å². The molecule has 2 aromatic rings. The Morgan fingerprint density at radius 1 is 1.17 bits per heavy atom. The number of hydrogen-bond donors (Lipinski definition) is 1. The minimum Gasteiger partial charge on any atom is -0.378 e. The lowest BCUT2D eigenvalue weighted by molar-refractivity contribution is -0.114. The molecule has 0 bridgehead atoms. The fraction of sp³-hybridized carbons (Fsp3) is 0.294. The molecular formula is C17H18N2O3S. The van der Waals surface area contributed by atoms with Crippen molar-refractivity contribution in [3.63, 3.8) is 0 Å². The molecule has 0 aliphatic carbocycles. The quantitative estimate of drug-likeness (QED) is 0.941. The second-order valence-corrected chi connectivity index (χ2v) is 6.18. The van der Waals surface area contributed by atoms with Crippen LogP contribution in [0.1, 0.15) is 16.6 Å². The number of amides is 2. The molecule has 0 radical (unpaired) electrons.